The van der Waals surface area contributed by atoms with Gasteiger partial charge >= 0.3 is 0 Å². The Labute approximate surface area is 222 Å². The summed E-state index contributed by atoms with van der Waals surface area (Å²) < 4.78 is 29.1. The number of carbonyl (C=O) groups excluding carboxylic acids is 1. The Morgan fingerprint density at radius 3 is 2.47 bits per heavy atom. The van der Waals surface area contributed by atoms with Gasteiger partial charge in [0.25, 0.3) is 15.9 Å². The fourth-order valence-electron chi connectivity index (χ4n) is 4.95. The molecule has 1 saturated heterocycles. The molecule has 8 nitrogen and oxygen atoms in total. The van der Waals surface area contributed by atoms with E-state index in [9.17, 15) is 18.3 Å². The molecule has 1 aromatic heterocycles. The molecule has 5 rings (SSSR count). The van der Waals surface area contributed by atoms with E-state index in [1.54, 1.807) is 53.6 Å². The lowest BCUT2D eigenvalue weighted by atomic mass is 9.85. The number of amides is 1. The largest absolute Gasteiger partial charge is 0.389 e. The van der Waals surface area contributed by atoms with Gasteiger partial charge in [-0.05, 0) is 54.3 Å². The second-order valence-electron chi connectivity index (χ2n) is 9.69. The molecule has 2 heterocycles. The van der Waals surface area contributed by atoms with Crippen LogP contribution in [-0.2, 0) is 23.0 Å². The summed E-state index contributed by atoms with van der Waals surface area (Å²) >= 11 is 0. The third kappa shape index (κ3) is 5.40. The second kappa shape index (κ2) is 10.5. The molecule has 38 heavy (non-hydrogen) atoms. The van der Waals surface area contributed by atoms with Crippen LogP contribution in [0, 0.1) is 0 Å². The number of nitrogens with one attached hydrogen (secondary N) is 1. The lowest BCUT2D eigenvalue weighted by molar-refractivity contribution is -0.0162. The van der Waals surface area contributed by atoms with Crippen molar-refractivity contribution in [3.63, 3.8) is 0 Å². The van der Waals surface area contributed by atoms with Crippen molar-refractivity contribution in [3.05, 3.63) is 102 Å². The Kier molecular flexibility index (Phi) is 7.16. The minimum Gasteiger partial charge on any atom is -0.389 e. The molecule has 0 spiro atoms. The number of anilines is 1. The van der Waals surface area contributed by atoms with E-state index in [-0.39, 0.29) is 17.3 Å². The first-order chi connectivity index (χ1) is 18.3. The molecular weight excluding hydrogens is 500 g/mol. The topological polar surface area (TPSA) is 126 Å². The van der Waals surface area contributed by atoms with Crippen molar-refractivity contribution in [1.29, 1.82) is 0 Å². The maximum absolute atomic E-state index is 13.3. The predicted octanol–water partition coefficient (Wildman–Crippen LogP) is 3.70. The van der Waals surface area contributed by atoms with Gasteiger partial charge in [0.1, 0.15) is 4.90 Å². The summed E-state index contributed by atoms with van der Waals surface area (Å²) in [5.41, 5.74) is 7.79. The number of nitrogens with zero attached hydrogens (tertiary/aromatic N) is 2. The van der Waals surface area contributed by atoms with E-state index in [0.29, 0.717) is 60.1 Å². The summed E-state index contributed by atoms with van der Waals surface area (Å²) in [6.07, 6.45) is 3.06. The van der Waals surface area contributed by atoms with Crippen molar-refractivity contribution >= 4 is 32.5 Å². The number of rotatable bonds is 7. The van der Waals surface area contributed by atoms with Gasteiger partial charge in [0.15, 0.2) is 0 Å². The Balaban J connectivity index is 1.30. The van der Waals surface area contributed by atoms with Crippen LogP contribution in [0.3, 0.4) is 0 Å². The van der Waals surface area contributed by atoms with E-state index in [1.165, 1.54) is 6.07 Å². The first-order valence-corrected chi connectivity index (χ1v) is 14.0. The van der Waals surface area contributed by atoms with Crippen molar-refractivity contribution in [2.75, 3.05) is 17.8 Å². The van der Waals surface area contributed by atoms with Crippen LogP contribution in [0.4, 0.5) is 5.69 Å². The second-order valence-corrected chi connectivity index (χ2v) is 11.3. The normalized spacial score (nSPS) is 15.4. The number of likely N-dealkylation sites (tertiary alicyclic amines) is 1. The number of para-hydroxylation sites is 1. The number of pyridine rings is 1. The van der Waals surface area contributed by atoms with Crippen molar-refractivity contribution in [2.45, 2.75) is 36.3 Å². The number of hydrogen-bond acceptors (Lipinski definition) is 6. The van der Waals surface area contributed by atoms with Crippen LogP contribution < -0.4 is 10.5 Å². The quantitative estimate of drug-likeness (QED) is 0.335. The number of aromatic nitrogens is 1. The highest BCUT2D eigenvalue weighted by Gasteiger charge is 2.34. The van der Waals surface area contributed by atoms with Gasteiger partial charge in [-0.2, -0.15) is 0 Å². The van der Waals surface area contributed by atoms with Crippen LogP contribution in [0.5, 0.6) is 0 Å². The average molecular weight is 531 g/mol. The van der Waals surface area contributed by atoms with Crippen LogP contribution in [0.25, 0.3) is 10.9 Å². The van der Waals surface area contributed by atoms with E-state index in [4.69, 9.17) is 5.73 Å². The maximum atomic E-state index is 13.3. The van der Waals surface area contributed by atoms with E-state index in [1.807, 2.05) is 30.3 Å². The van der Waals surface area contributed by atoms with Crippen molar-refractivity contribution in [3.8, 4) is 0 Å². The minimum atomic E-state index is -3.96. The van der Waals surface area contributed by atoms with E-state index >= 15 is 0 Å². The molecule has 1 aliphatic heterocycles. The number of hydrogen-bond donors (Lipinski definition) is 3. The molecule has 196 valence electrons. The Morgan fingerprint density at radius 1 is 1.00 bits per heavy atom. The molecule has 1 amide bonds. The first-order valence-electron chi connectivity index (χ1n) is 12.5. The van der Waals surface area contributed by atoms with E-state index in [0.717, 1.165) is 5.56 Å². The van der Waals surface area contributed by atoms with Crippen LogP contribution in [-0.4, -0.2) is 48.0 Å². The van der Waals surface area contributed by atoms with Gasteiger partial charge in [-0.1, -0.05) is 48.5 Å². The molecule has 0 radical (unpaired) electrons. The zero-order valence-corrected chi connectivity index (χ0v) is 21.7. The summed E-state index contributed by atoms with van der Waals surface area (Å²) in [5.74, 6) is -0.172. The third-order valence-electron chi connectivity index (χ3n) is 7.06. The van der Waals surface area contributed by atoms with Gasteiger partial charge in [-0.3, -0.25) is 14.5 Å². The van der Waals surface area contributed by atoms with Crippen molar-refractivity contribution in [1.82, 2.24) is 9.88 Å². The van der Waals surface area contributed by atoms with Crippen molar-refractivity contribution in [2.24, 2.45) is 5.73 Å². The molecule has 0 unspecified atom stereocenters. The number of piperidine rings is 1. The number of aliphatic hydroxyl groups is 1. The standard InChI is InChI=1S/C29H30N4O4S/c30-20-24-18-23(28(34)33-16-13-29(35,14-17-33)19-21-6-2-1-3-7-21)11-12-25(24)32-38(36,37)26-10-4-8-22-9-5-15-31-27(22)26/h1-12,15,18,32,35H,13-14,16-17,19-20,30H2. The number of benzene rings is 3. The Morgan fingerprint density at radius 2 is 1.74 bits per heavy atom. The molecular formula is C29H30N4O4S. The summed E-state index contributed by atoms with van der Waals surface area (Å²) in [7, 11) is -3.96. The summed E-state index contributed by atoms with van der Waals surface area (Å²) in [6.45, 7) is 0.911. The lowest BCUT2D eigenvalue weighted by Gasteiger charge is -2.38. The minimum absolute atomic E-state index is 0.0452. The molecule has 0 bridgehead atoms. The van der Waals surface area contributed by atoms with Gasteiger partial charge in [0.2, 0.25) is 0 Å². The fraction of sp³-hybridized carbons (Fsp3) is 0.241. The highest BCUT2D eigenvalue weighted by Crippen LogP contribution is 2.29. The molecule has 1 aliphatic rings. The highest BCUT2D eigenvalue weighted by molar-refractivity contribution is 7.93. The fourth-order valence-corrected chi connectivity index (χ4v) is 6.23. The van der Waals surface area contributed by atoms with Gasteiger partial charge in [-0.25, -0.2) is 8.42 Å². The Bertz CT molecular complexity index is 1560. The van der Waals surface area contributed by atoms with Crippen LogP contribution in [0.2, 0.25) is 0 Å². The maximum Gasteiger partial charge on any atom is 0.264 e. The molecule has 0 saturated carbocycles. The van der Waals surface area contributed by atoms with E-state index in [2.05, 4.69) is 9.71 Å². The number of carbonyl (C=O) groups is 1. The summed E-state index contributed by atoms with van der Waals surface area (Å²) in [5, 5.41) is 11.8. The average Bonchev–Trinajstić information content (AvgIpc) is 2.93. The van der Waals surface area contributed by atoms with Crippen molar-refractivity contribution < 1.29 is 18.3 Å². The zero-order chi connectivity index (χ0) is 26.8. The van der Waals surface area contributed by atoms with Gasteiger partial charge in [0, 0.05) is 43.2 Å². The molecule has 4 N–H and O–H groups in total. The van der Waals surface area contributed by atoms with Gasteiger partial charge in [0.05, 0.1) is 16.8 Å². The third-order valence-corrected chi connectivity index (χ3v) is 8.46. The Hall–Kier alpha value is -3.79. The monoisotopic (exact) mass is 530 g/mol. The van der Waals surface area contributed by atoms with Crippen LogP contribution >= 0.6 is 0 Å². The first kappa shape index (κ1) is 25.8. The predicted molar refractivity (Wildman–Crippen MR) is 147 cm³/mol. The molecule has 0 atom stereocenters. The number of nitrogens with two attached hydrogens (primary N) is 1. The van der Waals surface area contributed by atoms with Gasteiger partial charge in [-0.15, -0.1) is 0 Å². The molecule has 1 fully saturated rings. The molecule has 0 aliphatic carbocycles. The lowest BCUT2D eigenvalue weighted by Crippen LogP contribution is -2.47. The van der Waals surface area contributed by atoms with E-state index < -0.39 is 15.6 Å². The molecule has 4 aromatic rings. The molecule has 3 aromatic carbocycles. The van der Waals surface area contributed by atoms with Crippen LogP contribution in [0.1, 0.15) is 34.3 Å². The zero-order valence-electron chi connectivity index (χ0n) is 20.9. The highest BCUT2D eigenvalue weighted by atomic mass is 32.2. The number of fused-ring (bicyclic) bond motifs is 1. The van der Waals surface area contributed by atoms with Crippen LogP contribution in [0.15, 0.2) is 90.0 Å². The van der Waals surface area contributed by atoms with Gasteiger partial charge < -0.3 is 15.7 Å². The number of sulfonamides is 1. The smallest absolute Gasteiger partial charge is 0.264 e. The summed E-state index contributed by atoms with van der Waals surface area (Å²) in [4.78, 5) is 19.3. The molecule has 9 heteroatoms. The summed E-state index contributed by atoms with van der Waals surface area (Å²) in [6, 6.07) is 23.2. The SMILES string of the molecule is NCc1cc(C(=O)N2CCC(O)(Cc3ccccc3)CC2)ccc1NS(=O)(=O)c1cccc2cccnc12.